The van der Waals surface area contributed by atoms with E-state index in [4.69, 9.17) is 4.98 Å². The van der Waals surface area contributed by atoms with Crippen molar-refractivity contribution in [3.8, 4) is 0 Å². The Bertz CT molecular complexity index is 669. The lowest BCUT2D eigenvalue weighted by atomic mass is 10.0. The Morgan fingerprint density at radius 3 is 2.67 bits per heavy atom. The van der Waals surface area contributed by atoms with Gasteiger partial charge in [0, 0.05) is 43.8 Å². The van der Waals surface area contributed by atoms with E-state index in [1.807, 2.05) is 23.6 Å². The van der Waals surface area contributed by atoms with E-state index in [0.29, 0.717) is 5.95 Å². The van der Waals surface area contributed by atoms with Crippen LogP contribution in [0.1, 0.15) is 30.3 Å². The summed E-state index contributed by atoms with van der Waals surface area (Å²) in [5, 5.41) is 4.40. The number of piperazine rings is 1. The molecule has 7 heteroatoms. The highest BCUT2D eigenvalue weighted by atomic mass is 32.1. The van der Waals surface area contributed by atoms with Crippen molar-refractivity contribution < 1.29 is 0 Å². The maximum atomic E-state index is 4.90. The number of thiazole rings is 1. The van der Waals surface area contributed by atoms with Crippen molar-refractivity contribution >= 4 is 28.2 Å². The summed E-state index contributed by atoms with van der Waals surface area (Å²) in [4.78, 5) is 20.1. The molecule has 1 aliphatic heterocycles. The molecule has 24 heavy (non-hydrogen) atoms. The van der Waals surface area contributed by atoms with E-state index in [2.05, 4.69) is 32.0 Å². The molecule has 1 N–H and O–H groups in total. The molecule has 0 radical (unpaired) electrons. The minimum absolute atomic E-state index is 0.713. The summed E-state index contributed by atoms with van der Waals surface area (Å²) in [6.07, 6.45) is 6.85. The highest BCUT2D eigenvalue weighted by molar-refractivity contribution is 7.15. The zero-order chi connectivity index (χ0) is 16.4. The second-order valence-electron chi connectivity index (χ2n) is 6.32. The first-order valence-corrected chi connectivity index (χ1v) is 9.70. The van der Waals surface area contributed by atoms with Crippen LogP contribution in [-0.4, -0.2) is 47.7 Å². The van der Waals surface area contributed by atoms with Gasteiger partial charge in [-0.05, 0) is 38.7 Å². The van der Waals surface area contributed by atoms with Gasteiger partial charge in [-0.2, -0.15) is 4.98 Å². The summed E-state index contributed by atoms with van der Waals surface area (Å²) >= 11 is 1.91. The fraction of sp³-hybridized carbons (Fsp3) is 0.588. The quantitative estimate of drug-likeness (QED) is 0.920. The summed E-state index contributed by atoms with van der Waals surface area (Å²) in [5.41, 5.74) is 1.36. The molecule has 1 saturated heterocycles. The first kappa shape index (κ1) is 15.6. The van der Waals surface area contributed by atoms with Crippen molar-refractivity contribution in [3.63, 3.8) is 0 Å². The van der Waals surface area contributed by atoms with Gasteiger partial charge in [-0.15, -0.1) is 11.3 Å². The van der Waals surface area contributed by atoms with Crippen molar-refractivity contribution in [3.05, 3.63) is 22.8 Å². The number of nitrogens with zero attached hydrogens (tertiary/aromatic N) is 5. The fourth-order valence-electron chi connectivity index (χ4n) is 3.37. The molecule has 2 aliphatic rings. The van der Waals surface area contributed by atoms with Gasteiger partial charge in [-0.25, -0.2) is 9.97 Å². The van der Waals surface area contributed by atoms with E-state index in [0.717, 1.165) is 38.5 Å². The van der Waals surface area contributed by atoms with Crippen LogP contribution >= 0.6 is 11.3 Å². The summed E-state index contributed by atoms with van der Waals surface area (Å²) in [6, 6.07) is 2.00. The summed E-state index contributed by atoms with van der Waals surface area (Å²) in [6.45, 7) is 6.87. The summed E-state index contributed by atoms with van der Waals surface area (Å²) in [5.74, 6) is 1.73. The standard InChI is InChI=1S/C17H24N6S/c1-2-18-16-19-8-7-15(21-16)22-9-11-23(12-10-22)17-20-13-5-3-4-6-14(13)24-17/h7-8H,2-6,9-12H2,1H3,(H,18,19,21). The van der Waals surface area contributed by atoms with Crippen LogP contribution in [0.15, 0.2) is 12.3 Å². The number of hydrogen-bond acceptors (Lipinski definition) is 7. The molecule has 128 valence electrons. The normalized spacial score (nSPS) is 17.7. The van der Waals surface area contributed by atoms with Crippen LogP contribution < -0.4 is 15.1 Å². The van der Waals surface area contributed by atoms with Gasteiger partial charge in [-0.1, -0.05) is 0 Å². The number of hydrogen-bond donors (Lipinski definition) is 1. The molecule has 2 aromatic heterocycles. The maximum absolute atomic E-state index is 4.90. The zero-order valence-corrected chi connectivity index (χ0v) is 15.0. The topological polar surface area (TPSA) is 57.2 Å². The Morgan fingerprint density at radius 1 is 1.08 bits per heavy atom. The predicted molar refractivity (Wildman–Crippen MR) is 99.4 cm³/mol. The second-order valence-corrected chi connectivity index (χ2v) is 7.38. The highest BCUT2D eigenvalue weighted by Crippen LogP contribution is 2.32. The van der Waals surface area contributed by atoms with E-state index in [1.165, 1.54) is 41.4 Å². The second kappa shape index (κ2) is 6.93. The highest BCUT2D eigenvalue weighted by Gasteiger charge is 2.23. The number of fused-ring (bicyclic) bond motifs is 1. The maximum Gasteiger partial charge on any atom is 0.224 e. The Hall–Kier alpha value is -1.89. The third-order valence-corrected chi connectivity index (χ3v) is 5.90. The van der Waals surface area contributed by atoms with Gasteiger partial charge in [0.25, 0.3) is 0 Å². The van der Waals surface area contributed by atoms with Crippen molar-refractivity contribution in [1.82, 2.24) is 15.0 Å². The number of rotatable bonds is 4. The molecule has 0 unspecified atom stereocenters. The molecule has 0 saturated carbocycles. The first-order chi connectivity index (χ1) is 11.8. The van der Waals surface area contributed by atoms with Gasteiger partial charge in [-0.3, -0.25) is 0 Å². The number of nitrogens with one attached hydrogen (secondary N) is 1. The minimum atomic E-state index is 0.713. The van der Waals surface area contributed by atoms with E-state index in [9.17, 15) is 0 Å². The Labute approximate surface area is 146 Å². The third-order valence-electron chi connectivity index (χ3n) is 4.68. The third kappa shape index (κ3) is 3.17. The number of aromatic nitrogens is 3. The van der Waals surface area contributed by atoms with E-state index in [1.54, 1.807) is 0 Å². The van der Waals surface area contributed by atoms with Gasteiger partial charge in [0.1, 0.15) is 5.82 Å². The Balaban J connectivity index is 1.41. The Morgan fingerprint density at radius 2 is 1.88 bits per heavy atom. The van der Waals surface area contributed by atoms with Crippen LogP contribution in [0.3, 0.4) is 0 Å². The SMILES string of the molecule is CCNc1nccc(N2CCN(c3nc4c(s3)CCCC4)CC2)n1. The lowest BCUT2D eigenvalue weighted by Gasteiger charge is -2.35. The molecule has 1 aliphatic carbocycles. The van der Waals surface area contributed by atoms with Crippen molar-refractivity contribution in [1.29, 1.82) is 0 Å². The lowest BCUT2D eigenvalue weighted by molar-refractivity contribution is 0.642. The summed E-state index contributed by atoms with van der Waals surface area (Å²) in [7, 11) is 0. The van der Waals surface area contributed by atoms with Crippen LogP contribution in [0.5, 0.6) is 0 Å². The van der Waals surface area contributed by atoms with Gasteiger partial charge >= 0.3 is 0 Å². The van der Waals surface area contributed by atoms with Gasteiger partial charge in [0.15, 0.2) is 5.13 Å². The van der Waals surface area contributed by atoms with E-state index in [-0.39, 0.29) is 0 Å². The van der Waals surface area contributed by atoms with Gasteiger partial charge < -0.3 is 15.1 Å². The number of anilines is 3. The van der Waals surface area contributed by atoms with E-state index < -0.39 is 0 Å². The smallest absolute Gasteiger partial charge is 0.224 e. The summed E-state index contributed by atoms with van der Waals surface area (Å²) < 4.78 is 0. The van der Waals surface area contributed by atoms with Crippen molar-refractivity contribution in [2.24, 2.45) is 0 Å². The molecule has 0 spiro atoms. The average Bonchev–Trinajstić information content (AvgIpc) is 3.07. The number of aryl methyl sites for hydroxylation is 2. The van der Waals surface area contributed by atoms with Gasteiger partial charge in [0.05, 0.1) is 5.69 Å². The molecule has 0 aromatic carbocycles. The molecule has 1 fully saturated rings. The molecule has 0 bridgehead atoms. The Kier molecular flexibility index (Phi) is 4.51. The van der Waals surface area contributed by atoms with E-state index >= 15 is 0 Å². The molecule has 2 aromatic rings. The first-order valence-electron chi connectivity index (χ1n) is 8.89. The molecule has 6 nitrogen and oxygen atoms in total. The predicted octanol–water partition coefficient (Wildman–Crippen LogP) is 2.57. The van der Waals surface area contributed by atoms with Crippen LogP contribution in [0.25, 0.3) is 0 Å². The molecular weight excluding hydrogens is 320 g/mol. The van der Waals surface area contributed by atoms with Crippen LogP contribution in [-0.2, 0) is 12.8 Å². The average molecular weight is 344 g/mol. The van der Waals surface area contributed by atoms with Crippen LogP contribution in [0.4, 0.5) is 16.9 Å². The van der Waals surface area contributed by atoms with Gasteiger partial charge in [0.2, 0.25) is 5.95 Å². The zero-order valence-electron chi connectivity index (χ0n) is 14.2. The molecule has 0 amide bonds. The molecular formula is C17H24N6S. The van der Waals surface area contributed by atoms with Crippen LogP contribution in [0.2, 0.25) is 0 Å². The van der Waals surface area contributed by atoms with Crippen molar-refractivity contribution in [2.75, 3.05) is 47.8 Å². The minimum Gasteiger partial charge on any atom is -0.354 e. The monoisotopic (exact) mass is 344 g/mol. The molecule has 3 heterocycles. The largest absolute Gasteiger partial charge is 0.354 e. The fourth-order valence-corrected chi connectivity index (χ4v) is 4.57. The molecule has 4 rings (SSSR count). The molecule has 0 atom stereocenters. The lowest BCUT2D eigenvalue weighted by Crippen LogP contribution is -2.46. The van der Waals surface area contributed by atoms with Crippen LogP contribution in [0, 0.1) is 0 Å². The van der Waals surface area contributed by atoms with Crippen molar-refractivity contribution in [2.45, 2.75) is 32.6 Å².